The van der Waals surface area contributed by atoms with Crippen molar-refractivity contribution in [1.29, 1.82) is 0 Å². The molecular weight excluding hydrogens is 216 g/mol. The smallest absolute Gasteiger partial charge is 0.169 e. The molecule has 0 unspecified atom stereocenters. The minimum Gasteiger partial charge on any atom is -0.493 e. The normalized spacial score (nSPS) is 14.8. The first-order chi connectivity index (χ1) is 8.31. The maximum Gasteiger partial charge on any atom is 0.169 e. The van der Waals surface area contributed by atoms with Crippen molar-refractivity contribution in [3.05, 3.63) is 30.3 Å². The molecule has 0 amide bonds. The molecule has 0 atom stereocenters. The molecule has 0 spiro atoms. The highest BCUT2D eigenvalue weighted by Gasteiger charge is 2.21. The van der Waals surface area contributed by atoms with Gasteiger partial charge in [0.25, 0.3) is 0 Å². The Morgan fingerprint density at radius 3 is 2.94 bits per heavy atom. The minimum atomic E-state index is 0.393. The van der Waals surface area contributed by atoms with Gasteiger partial charge in [0.2, 0.25) is 0 Å². The van der Waals surface area contributed by atoms with Crippen molar-refractivity contribution in [1.82, 2.24) is 5.16 Å². The molecule has 0 radical (unpaired) electrons. The number of hydrogen-bond donors (Lipinski definition) is 1. The van der Waals surface area contributed by atoms with Gasteiger partial charge in [-0.15, -0.1) is 0 Å². The summed E-state index contributed by atoms with van der Waals surface area (Å²) in [4.78, 5) is 0. The van der Waals surface area contributed by atoms with Crippen molar-refractivity contribution < 1.29 is 9.26 Å². The molecule has 1 aliphatic rings. The number of ether oxygens (including phenoxy) is 1. The number of rotatable bonds is 4. The first-order valence-corrected chi connectivity index (χ1v) is 5.77. The Bertz CT molecular complexity index is 518. The molecule has 1 aromatic heterocycles. The zero-order valence-corrected chi connectivity index (χ0v) is 9.43. The third-order valence-corrected chi connectivity index (χ3v) is 2.83. The van der Waals surface area contributed by atoms with E-state index in [1.54, 1.807) is 6.07 Å². The van der Waals surface area contributed by atoms with Crippen LogP contribution < -0.4 is 10.5 Å². The molecule has 0 saturated heterocycles. The zero-order chi connectivity index (χ0) is 11.7. The van der Waals surface area contributed by atoms with Gasteiger partial charge in [-0.05, 0) is 30.9 Å². The summed E-state index contributed by atoms with van der Waals surface area (Å²) in [5.41, 5.74) is 6.46. The van der Waals surface area contributed by atoms with Crippen LogP contribution in [0.2, 0.25) is 0 Å². The predicted octanol–water partition coefficient (Wildman–Crippen LogP) is 2.71. The Kier molecular flexibility index (Phi) is 2.48. The molecular formula is C13H14N2O2. The molecule has 1 aliphatic carbocycles. The SMILES string of the molecule is Nc1cc(-c2cccc(OCC3CC3)c2)on1. The fourth-order valence-electron chi connectivity index (χ4n) is 1.66. The number of aromatic nitrogens is 1. The second-order valence-corrected chi connectivity index (χ2v) is 4.40. The van der Waals surface area contributed by atoms with Crippen LogP contribution in [0.4, 0.5) is 5.82 Å². The number of nitrogen functional groups attached to an aromatic ring is 1. The Labute approximate surface area is 99.4 Å². The highest BCUT2D eigenvalue weighted by Crippen LogP contribution is 2.30. The van der Waals surface area contributed by atoms with Gasteiger partial charge in [0, 0.05) is 11.6 Å². The van der Waals surface area contributed by atoms with Gasteiger partial charge in [0.15, 0.2) is 11.6 Å². The molecule has 4 heteroatoms. The predicted molar refractivity (Wildman–Crippen MR) is 64.6 cm³/mol. The molecule has 1 saturated carbocycles. The van der Waals surface area contributed by atoms with Crippen LogP contribution in [0.5, 0.6) is 5.75 Å². The van der Waals surface area contributed by atoms with Crippen LogP contribution in [0.3, 0.4) is 0 Å². The molecule has 17 heavy (non-hydrogen) atoms. The summed E-state index contributed by atoms with van der Waals surface area (Å²) in [6.45, 7) is 0.808. The molecule has 0 aliphatic heterocycles. The molecule has 3 rings (SSSR count). The quantitative estimate of drug-likeness (QED) is 0.877. The molecule has 0 bridgehead atoms. The lowest BCUT2D eigenvalue weighted by molar-refractivity contribution is 0.300. The van der Waals surface area contributed by atoms with Gasteiger partial charge < -0.3 is 15.0 Å². The zero-order valence-electron chi connectivity index (χ0n) is 9.43. The molecule has 88 valence electrons. The van der Waals surface area contributed by atoms with E-state index >= 15 is 0 Å². The molecule has 4 nitrogen and oxygen atoms in total. The van der Waals surface area contributed by atoms with Gasteiger partial charge in [0.1, 0.15) is 5.75 Å². The average molecular weight is 230 g/mol. The van der Waals surface area contributed by atoms with Crippen LogP contribution >= 0.6 is 0 Å². The fraction of sp³-hybridized carbons (Fsp3) is 0.308. The van der Waals surface area contributed by atoms with E-state index in [1.807, 2.05) is 24.3 Å². The summed E-state index contributed by atoms with van der Waals surface area (Å²) in [5, 5.41) is 3.67. The lowest BCUT2D eigenvalue weighted by Gasteiger charge is -2.05. The van der Waals surface area contributed by atoms with Crippen molar-refractivity contribution in [3.8, 4) is 17.1 Å². The number of nitrogens with zero attached hydrogens (tertiary/aromatic N) is 1. The van der Waals surface area contributed by atoms with E-state index in [4.69, 9.17) is 15.0 Å². The summed E-state index contributed by atoms with van der Waals surface area (Å²) in [7, 11) is 0. The van der Waals surface area contributed by atoms with E-state index in [0.717, 1.165) is 23.8 Å². The van der Waals surface area contributed by atoms with E-state index < -0.39 is 0 Å². The lowest BCUT2D eigenvalue weighted by Crippen LogP contribution is -1.98. The topological polar surface area (TPSA) is 61.3 Å². The highest BCUT2D eigenvalue weighted by atomic mass is 16.5. The Hall–Kier alpha value is -1.97. The largest absolute Gasteiger partial charge is 0.493 e. The Morgan fingerprint density at radius 2 is 2.24 bits per heavy atom. The van der Waals surface area contributed by atoms with Gasteiger partial charge in [-0.1, -0.05) is 17.3 Å². The fourth-order valence-corrected chi connectivity index (χ4v) is 1.66. The number of nitrogens with two attached hydrogens (primary N) is 1. The van der Waals surface area contributed by atoms with Gasteiger partial charge in [-0.3, -0.25) is 0 Å². The van der Waals surface area contributed by atoms with E-state index in [9.17, 15) is 0 Å². The molecule has 1 heterocycles. The highest BCUT2D eigenvalue weighted by molar-refractivity contribution is 5.61. The first-order valence-electron chi connectivity index (χ1n) is 5.77. The lowest BCUT2D eigenvalue weighted by atomic mass is 10.1. The number of hydrogen-bond acceptors (Lipinski definition) is 4. The van der Waals surface area contributed by atoms with Gasteiger partial charge in [0.05, 0.1) is 6.61 Å². The maximum atomic E-state index is 5.71. The third kappa shape index (κ3) is 2.41. The molecule has 2 aromatic rings. The van der Waals surface area contributed by atoms with Gasteiger partial charge in [-0.25, -0.2) is 0 Å². The second-order valence-electron chi connectivity index (χ2n) is 4.40. The second kappa shape index (κ2) is 4.13. The molecule has 1 aromatic carbocycles. The van der Waals surface area contributed by atoms with Crippen LogP contribution in [-0.2, 0) is 0 Å². The van der Waals surface area contributed by atoms with Crippen molar-refractivity contribution in [2.75, 3.05) is 12.3 Å². The Balaban J connectivity index is 1.77. The monoisotopic (exact) mass is 230 g/mol. The van der Waals surface area contributed by atoms with Crippen LogP contribution in [-0.4, -0.2) is 11.8 Å². The Morgan fingerprint density at radius 1 is 1.35 bits per heavy atom. The van der Waals surface area contributed by atoms with Gasteiger partial charge >= 0.3 is 0 Å². The standard InChI is InChI=1S/C13H14N2O2/c14-13-7-12(17-15-13)10-2-1-3-11(6-10)16-8-9-4-5-9/h1-3,6-7,9H,4-5,8H2,(H2,14,15). The summed E-state index contributed by atoms with van der Waals surface area (Å²) in [5.74, 6) is 2.67. The van der Waals surface area contributed by atoms with Crippen molar-refractivity contribution in [2.24, 2.45) is 5.92 Å². The van der Waals surface area contributed by atoms with E-state index in [-0.39, 0.29) is 0 Å². The third-order valence-electron chi connectivity index (χ3n) is 2.83. The van der Waals surface area contributed by atoms with Crippen molar-refractivity contribution in [3.63, 3.8) is 0 Å². The minimum absolute atomic E-state index is 0.393. The number of benzene rings is 1. The summed E-state index contributed by atoms with van der Waals surface area (Å²) < 4.78 is 10.8. The summed E-state index contributed by atoms with van der Waals surface area (Å²) in [6, 6.07) is 9.49. The van der Waals surface area contributed by atoms with Crippen molar-refractivity contribution in [2.45, 2.75) is 12.8 Å². The summed E-state index contributed by atoms with van der Waals surface area (Å²) in [6.07, 6.45) is 2.58. The average Bonchev–Trinajstić information content (AvgIpc) is 3.08. The number of anilines is 1. The summed E-state index contributed by atoms with van der Waals surface area (Å²) >= 11 is 0. The van der Waals surface area contributed by atoms with Crippen LogP contribution in [0.25, 0.3) is 11.3 Å². The maximum absolute atomic E-state index is 5.71. The van der Waals surface area contributed by atoms with Crippen LogP contribution in [0.15, 0.2) is 34.9 Å². The molecule has 2 N–H and O–H groups in total. The van der Waals surface area contributed by atoms with E-state index in [2.05, 4.69) is 5.16 Å². The van der Waals surface area contributed by atoms with Crippen LogP contribution in [0.1, 0.15) is 12.8 Å². The van der Waals surface area contributed by atoms with E-state index in [1.165, 1.54) is 12.8 Å². The van der Waals surface area contributed by atoms with Crippen LogP contribution in [0, 0.1) is 5.92 Å². The first kappa shape index (κ1) is 10.2. The van der Waals surface area contributed by atoms with Gasteiger partial charge in [-0.2, -0.15) is 0 Å². The van der Waals surface area contributed by atoms with Crippen molar-refractivity contribution >= 4 is 5.82 Å². The molecule has 1 fully saturated rings. The van der Waals surface area contributed by atoms with E-state index in [0.29, 0.717) is 11.6 Å².